The second-order valence-corrected chi connectivity index (χ2v) is 7.35. The first-order valence-electron chi connectivity index (χ1n) is 7.75. The van der Waals surface area contributed by atoms with Crippen molar-refractivity contribution in [2.24, 2.45) is 23.0 Å². The predicted octanol–water partition coefficient (Wildman–Crippen LogP) is 2.27. The predicted molar refractivity (Wildman–Crippen MR) is 82.4 cm³/mol. The molecule has 0 aromatic rings. The minimum absolute atomic E-state index is 0.0973. The summed E-state index contributed by atoms with van der Waals surface area (Å²) in [6.45, 7) is 7.97. The zero-order valence-corrected chi connectivity index (χ0v) is 13.8. The van der Waals surface area contributed by atoms with Crippen LogP contribution in [0.2, 0.25) is 0 Å². The van der Waals surface area contributed by atoms with E-state index in [1.54, 1.807) is 12.0 Å². The van der Waals surface area contributed by atoms with Crippen molar-refractivity contribution in [2.75, 3.05) is 27.3 Å². The first-order chi connectivity index (χ1) is 9.25. The van der Waals surface area contributed by atoms with Crippen molar-refractivity contribution >= 4 is 5.91 Å². The van der Waals surface area contributed by atoms with Crippen LogP contribution in [0.3, 0.4) is 0 Å². The molecule has 1 unspecified atom stereocenters. The Bertz CT molecular complexity index is 304. The average molecular weight is 284 g/mol. The van der Waals surface area contributed by atoms with Gasteiger partial charge in [-0.1, -0.05) is 20.8 Å². The molecule has 2 N–H and O–H groups in total. The summed E-state index contributed by atoms with van der Waals surface area (Å²) in [7, 11) is 3.49. The van der Waals surface area contributed by atoms with Gasteiger partial charge in [0.25, 0.3) is 0 Å². The van der Waals surface area contributed by atoms with E-state index in [1.165, 1.54) is 0 Å². The monoisotopic (exact) mass is 284 g/mol. The minimum atomic E-state index is -0.0973. The van der Waals surface area contributed by atoms with Gasteiger partial charge in [-0.15, -0.1) is 0 Å². The van der Waals surface area contributed by atoms with Crippen molar-refractivity contribution in [3.8, 4) is 0 Å². The molecule has 0 aromatic carbocycles. The number of ether oxygens (including phenoxy) is 1. The topological polar surface area (TPSA) is 55.6 Å². The van der Waals surface area contributed by atoms with Crippen LogP contribution >= 0.6 is 0 Å². The van der Waals surface area contributed by atoms with Crippen LogP contribution in [-0.2, 0) is 9.53 Å². The molecular weight excluding hydrogens is 252 g/mol. The summed E-state index contributed by atoms with van der Waals surface area (Å²) < 4.78 is 5.02. The zero-order valence-electron chi connectivity index (χ0n) is 13.8. The highest BCUT2D eigenvalue weighted by Crippen LogP contribution is 2.40. The lowest BCUT2D eigenvalue weighted by atomic mass is 9.69. The molecule has 4 heteroatoms. The molecule has 1 saturated carbocycles. The molecule has 4 nitrogen and oxygen atoms in total. The van der Waals surface area contributed by atoms with Gasteiger partial charge in [-0.05, 0) is 37.0 Å². The Morgan fingerprint density at radius 3 is 2.30 bits per heavy atom. The minimum Gasteiger partial charge on any atom is -0.383 e. The van der Waals surface area contributed by atoms with Gasteiger partial charge in [-0.2, -0.15) is 0 Å². The lowest BCUT2D eigenvalue weighted by Gasteiger charge is -2.37. The summed E-state index contributed by atoms with van der Waals surface area (Å²) in [5.74, 6) is 1.19. The Morgan fingerprint density at radius 1 is 1.30 bits per heavy atom. The molecule has 0 bridgehead atoms. The molecule has 1 rings (SSSR count). The van der Waals surface area contributed by atoms with Crippen LogP contribution < -0.4 is 5.73 Å². The van der Waals surface area contributed by atoms with Crippen LogP contribution in [0.25, 0.3) is 0 Å². The molecule has 118 valence electrons. The van der Waals surface area contributed by atoms with Crippen molar-refractivity contribution in [3.05, 3.63) is 0 Å². The Kier molecular flexibility index (Phi) is 6.46. The third kappa shape index (κ3) is 5.06. The van der Waals surface area contributed by atoms with Crippen LogP contribution in [0.1, 0.15) is 46.5 Å². The van der Waals surface area contributed by atoms with Crippen molar-refractivity contribution < 1.29 is 9.53 Å². The van der Waals surface area contributed by atoms with E-state index in [1.807, 2.05) is 7.05 Å². The van der Waals surface area contributed by atoms with E-state index < -0.39 is 0 Å². The molecule has 1 aliphatic rings. The highest BCUT2D eigenvalue weighted by atomic mass is 16.5. The number of methoxy groups -OCH3 is 1. The number of nitrogens with two attached hydrogens (primary N) is 1. The number of hydrogen-bond acceptors (Lipinski definition) is 3. The lowest BCUT2D eigenvalue weighted by molar-refractivity contribution is -0.136. The zero-order chi connectivity index (χ0) is 15.3. The van der Waals surface area contributed by atoms with Gasteiger partial charge in [0.2, 0.25) is 5.91 Å². The highest BCUT2D eigenvalue weighted by Gasteiger charge is 2.33. The van der Waals surface area contributed by atoms with Crippen molar-refractivity contribution in [1.29, 1.82) is 0 Å². The van der Waals surface area contributed by atoms with E-state index in [0.29, 0.717) is 18.6 Å². The molecular formula is C16H32N2O2. The Morgan fingerprint density at radius 2 is 1.85 bits per heavy atom. The maximum absolute atomic E-state index is 12.4. The number of nitrogens with zero attached hydrogens (tertiary/aromatic N) is 1. The van der Waals surface area contributed by atoms with Gasteiger partial charge in [0.15, 0.2) is 0 Å². The molecule has 1 aliphatic carbocycles. The molecule has 20 heavy (non-hydrogen) atoms. The summed E-state index contributed by atoms with van der Waals surface area (Å²) in [6.07, 6.45) is 4.37. The number of carbonyl (C=O) groups is 1. The van der Waals surface area contributed by atoms with E-state index in [2.05, 4.69) is 20.8 Å². The molecule has 1 amide bonds. The largest absolute Gasteiger partial charge is 0.383 e. The smallest absolute Gasteiger partial charge is 0.225 e. The fourth-order valence-electron chi connectivity index (χ4n) is 3.23. The van der Waals surface area contributed by atoms with Crippen molar-refractivity contribution in [2.45, 2.75) is 52.5 Å². The maximum Gasteiger partial charge on any atom is 0.225 e. The van der Waals surface area contributed by atoms with Gasteiger partial charge < -0.3 is 15.4 Å². The number of rotatable bonds is 5. The number of carbonyl (C=O) groups excluding carboxylic acids is 1. The summed E-state index contributed by atoms with van der Waals surface area (Å²) in [6, 6.07) is -0.0973. The van der Waals surface area contributed by atoms with Gasteiger partial charge in [-0.25, -0.2) is 0 Å². The van der Waals surface area contributed by atoms with Crippen LogP contribution in [0.4, 0.5) is 0 Å². The van der Waals surface area contributed by atoms with Crippen LogP contribution in [0.15, 0.2) is 0 Å². The fraction of sp³-hybridized carbons (Fsp3) is 0.938. The molecule has 0 spiro atoms. The number of amides is 1. The molecule has 0 radical (unpaired) electrons. The SMILES string of the molecule is COCC(N)CN(C)C(=O)C1CCC(C(C)(C)C)CC1. The van der Waals surface area contributed by atoms with E-state index in [4.69, 9.17) is 10.5 Å². The Labute approximate surface area is 124 Å². The summed E-state index contributed by atoms with van der Waals surface area (Å²) in [4.78, 5) is 14.2. The lowest BCUT2D eigenvalue weighted by Crippen LogP contribution is -2.44. The van der Waals surface area contributed by atoms with Crippen LogP contribution in [-0.4, -0.2) is 44.2 Å². The average Bonchev–Trinajstić information content (AvgIpc) is 2.37. The first-order valence-corrected chi connectivity index (χ1v) is 7.75. The summed E-state index contributed by atoms with van der Waals surface area (Å²) in [5.41, 5.74) is 6.27. The van der Waals surface area contributed by atoms with Gasteiger partial charge in [-0.3, -0.25) is 4.79 Å². The van der Waals surface area contributed by atoms with Crippen LogP contribution in [0, 0.1) is 17.3 Å². The summed E-state index contributed by atoms with van der Waals surface area (Å²) in [5, 5.41) is 0. The first kappa shape index (κ1) is 17.4. The maximum atomic E-state index is 12.4. The van der Waals surface area contributed by atoms with Gasteiger partial charge >= 0.3 is 0 Å². The van der Waals surface area contributed by atoms with E-state index in [-0.39, 0.29) is 17.9 Å². The van der Waals surface area contributed by atoms with E-state index >= 15 is 0 Å². The van der Waals surface area contributed by atoms with E-state index in [0.717, 1.165) is 31.6 Å². The third-order valence-corrected chi connectivity index (χ3v) is 4.57. The van der Waals surface area contributed by atoms with E-state index in [9.17, 15) is 4.79 Å². The molecule has 0 aliphatic heterocycles. The number of hydrogen-bond donors (Lipinski definition) is 1. The van der Waals surface area contributed by atoms with Crippen molar-refractivity contribution in [3.63, 3.8) is 0 Å². The summed E-state index contributed by atoms with van der Waals surface area (Å²) >= 11 is 0. The third-order valence-electron chi connectivity index (χ3n) is 4.57. The standard InChI is InChI=1S/C16H32N2O2/c1-16(2,3)13-8-6-12(7-9-13)15(19)18(4)10-14(17)11-20-5/h12-14H,6-11,17H2,1-5H3. The molecule has 0 aromatic heterocycles. The van der Waals surface area contributed by atoms with Gasteiger partial charge in [0.1, 0.15) is 0 Å². The normalized spacial score (nSPS) is 25.3. The molecule has 1 atom stereocenters. The fourth-order valence-corrected chi connectivity index (χ4v) is 3.23. The Hall–Kier alpha value is -0.610. The second-order valence-electron chi connectivity index (χ2n) is 7.35. The highest BCUT2D eigenvalue weighted by molar-refractivity contribution is 5.78. The molecule has 0 saturated heterocycles. The van der Waals surface area contributed by atoms with Crippen molar-refractivity contribution in [1.82, 2.24) is 4.90 Å². The molecule has 0 heterocycles. The quantitative estimate of drug-likeness (QED) is 0.842. The molecule has 1 fully saturated rings. The van der Waals surface area contributed by atoms with Crippen LogP contribution in [0.5, 0.6) is 0 Å². The van der Waals surface area contributed by atoms with Gasteiger partial charge in [0.05, 0.1) is 6.61 Å². The van der Waals surface area contributed by atoms with Gasteiger partial charge in [0, 0.05) is 32.7 Å². The number of likely N-dealkylation sites (N-methyl/N-ethyl adjacent to an activating group) is 1. The Balaban J connectivity index is 2.42. The second kappa shape index (κ2) is 7.41.